The molecule has 0 aromatic heterocycles. The Kier molecular flexibility index (Phi) is 8.52. The minimum atomic E-state index is -3.90. The number of nitrogens with one attached hydrogen (secondary N) is 3. The fourth-order valence-electron chi connectivity index (χ4n) is 2.69. The molecule has 162 valence electrons. The van der Waals surface area contributed by atoms with E-state index in [9.17, 15) is 18.0 Å². The van der Waals surface area contributed by atoms with Gasteiger partial charge in [-0.25, -0.2) is 8.42 Å². The molecule has 2 aromatic carbocycles. The minimum Gasteiger partial charge on any atom is -0.377 e. The number of rotatable bonds is 10. The molecule has 0 spiro atoms. The van der Waals surface area contributed by atoms with Gasteiger partial charge in [-0.15, -0.1) is 0 Å². The Bertz CT molecular complexity index is 974. The van der Waals surface area contributed by atoms with Crippen molar-refractivity contribution in [1.29, 1.82) is 0 Å². The van der Waals surface area contributed by atoms with E-state index < -0.39 is 22.0 Å². The second-order valence-corrected chi connectivity index (χ2v) is 8.39. The molecular formula is C21H27N3O5S. The van der Waals surface area contributed by atoms with Crippen molar-refractivity contribution in [3.63, 3.8) is 0 Å². The molecule has 0 bridgehead atoms. The topological polar surface area (TPSA) is 114 Å². The van der Waals surface area contributed by atoms with Crippen molar-refractivity contribution in [2.75, 3.05) is 11.9 Å². The number of sulfonamides is 1. The number of hydrogen-bond acceptors (Lipinski definition) is 5. The summed E-state index contributed by atoms with van der Waals surface area (Å²) in [5, 5.41) is 5.32. The van der Waals surface area contributed by atoms with Crippen molar-refractivity contribution in [2.45, 2.75) is 44.9 Å². The predicted molar refractivity (Wildman–Crippen MR) is 114 cm³/mol. The van der Waals surface area contributed by atoms with Crippen LogP contribution in [0.3, 0.4) is 0 Å². The van der Waals surface area contributed by atoms with Gasteiger partial charge in [0.25, 0.3) is 0 Å². The van der Waals surface area contributed by atoms with Gasteiger partial charge in [0, 0.05) is 25.8 Å². The molecule has 3 N–H and O–H groups in total. The Morgan fingerprint density at radius 3 is 2.27 bits per heavy atom. The molecule has 0 aliphatic carbocycles. The second-order valence-electron chi connectivity index (χ2n) is 6.67. The van der Waals surface area contributed by atoms with Crippen molar-refractivity contribution in [1.82, 2.24) is 10.0 Å². The Morgan fingerprint density at radius 2 is 1.67 bits per heavy atom. The maximum absolute atomic E-state index is 12.5. The molecule has 0 aliphatic heterocycles. The van der Waals surface area contributed by atoms with E-state index in [0.29, 0.717) is 18.9 Å². The van der Waals surface area contributed by atoms with Crippen LogP contribution in [-0.2, 0) is 37.5 Å². The quantitative estimate of drug-likeness (QED) is 0.531. The highest BCUT2D eigenvalue weighted by atomic mass is 32.2. The summed E-state index contributed by atoms with van der Waals surface area (Å²) in [6.07, 6.45) is 0. The maximum atomic E-state index is 12.5. The van der Waals surface area contributed by atoms with E-state index in [1.54, 1.807) is 0 Å². The third-order valence-corrected chi connectivity index (χ3v) is 5.80. The zero-order valence-electron chi connectivity index (χ0n) is 17.3. The molecule has 1 atom stereocenters. The minimum absolute atomic E-state index is 0.00156. The molecule has 0 saturated heterocycles. The summed E-state index contributed by atoms with van der Waals surface area (Å²) in [7, 11) is -3.90. The molecule has 0 radical (unpaired) electrons. The van der Waals surface area contributed by atoms with Gasteiger partial charge in [0.2, 0.25) is 21.8 Å². The molecule has 0 heterocycles. The molecule has 2 rings (SSSR count). The number of anilines is 1. The number of hydrogen-bond donors (Lipinski definition) is 3. The average molecular weight is 434 g/mol. The Hall–Kier alpha value is -2.75. The van der Waals surface area contributed by atoms with Gasteiger partial charge in [0.05, 0.1) is 17.5 Å². The van der Waals surface area contributed by atoms with E-state index in [0.717, 1.165) is 11.1 Å². The molecule has 0 saturated carbocycles. The lowest BCUT2D eigenvalue weighted by molar-refractivity contribution is -0.122. The molecule has 30 heavy (non-hydrogen) atoms. The van der Waals surface area contributed by atoms with Gasteiger partial charge in [-0.2, -0.15) is 4.72 Å². The Balaban J connectivity index is 1.97. The van der Waals surface area contributed by atoms with Crippen molar-refractivity contribution in [3.05, 3.63) is 59.7 Å². The molecule has 2 aromatic rings. The lowest BCUT2D eigenvalue weighted by Crippen LogP contribution is -2.44. The smallest absolute Gasteiger partial charge is 0.241 e. The lowest BCUT2D eigenvalue weighted by atomic mass is 10.1. The summed E-state index contributed by atoms with van der Waals surface area (Å²) >= 11 is 0. The summed E-state index contributed by atoms with van der Waals surface area (Å²) in [6, 6.07) is 12.3. The van der Waals surface area contributed by atoms with E-state index >= 15 is 0 Å². The number of ether oxygens (including phenoxy) is 1. The monoisotopic (exact) mass is 433 g/mol. The van der Waals surface area contributed by atoms with Crippen LogP contribution >= 0.6 is 0 Å². The molecule has 2 amide bonds. The lowest BCUT2D eigenvalue weighted by Gasteiger charge is -2.16. The van der Waals surface area contributed by atoms with E-state index in [1.807, 2.05) is 31.2 Å². The van der Waals surface area contributed by atoms with Gasteiger partial charge < -0.3 is 15.4 Å². The van der Waals surface area contributed by atoms with Crippen LogP contribution in [0.5, 0.6) is 0 Å². The van der Waals surface area contributed by atoms with Crippen LogP contribution in [0.4, 0.5) is 5.69 Å². The van der Waals surface area contributed by atoms with E-state index in [4.69, 9.17) is 4.74 Å². The first-order valence-electron chi connectivity index (χ1n) is 9.55. The highest BCUT2D eigenvalue weighted by Crippen LogP contribution is 2.15. The fourth-order valence-corrected chi connectivity index (χ4v) is 3.90. The van der Waals surface area contributed by atoms with Crippen LogP contribution in [0.15, 0.2) is 53.4 Å². The summed E-state index contributed by atoms with van der Waals surface area (Å²) in [4.78, 5) is 23.5. The summed E-state index contributed by atoms with van der Waals surface area (Å²) in [5.74, 6) is -0.698. The first kappa shape index (κ1) is 23.5. The first-order valence-corrected chi connectivity index (χ1v) is 11.0. The van der Waals surface area contributed by atoms with E-state index in [-0.39, 0.29) is 17.3 Å². The van der Waals surface area contributed by atoms with Crippen LogP contribution in [0.25, 0.3) is 0 Å². The summed E-state index contributed by atoms with van der Waals surface area (Å²) in [6.45, 7) is 6.04. The zero-order chi connectivity index (χ0) is 22.1. The van der Waals surface area contributed by atoms with Crippen LogP contribution in [0, 0.1) is 0 Å². The zero-order valence-corrected chi connectivity index (χ0v) is 18.1. The van der Waals surface area contributed by atoms with Gasteiger partial charge in [-0.1, -0.05) is 24.3 Å². The van der Waals surface area contributed by atoms with Crippen molar-refractivity contribution < 1.29 is 22.7 Å². The predicted octanol–water partition coefficient (Wildman–Crippen LogP) is 2.16. The number of amides is 2. The van der Waals surface area contributed by atoms with Crippen molar-refractivity contribution >= 4 is 27.5 Å². The van der Waals surface area contributed by atoms with Gasteiger partial charge in [0.15, 0.2) is 0 Å². The third kappa shape index (κ3) is 6.94. The van der Waals surface area contributed by atoms with Gasteiger partial charge >= 0.3 is 0 Å². The molecule has 0 fully saturated rings. The molecule has 9 heteroatoms. The summed E-state index contributed by atoms with van der Waals surface area (Å²) < 4.78 is 32.9. The SMILES string of the molecule is CCOCc1ccccc1CNC(=O)[C@H](C)NS(=O)(=O)c1ccc(NC(C)=O)cc1. The molecule has 8 nitrogen and oxygen atoms in total. The number of carbonyl (C=O) groups excluding carboxylic acids is 2. The fraction of sp³-hybridized carbons (Fsp3) is 0.333. The molecule has 0 unspecified atom stereocenters. The van der Waals surface area contributed by atoms with E-state index in [1.165, 1.54) is 38.1 Å². The van der Waals surface area contributed by atoms with Crippen LogP contribution in [0.1, 0.15) is 31.9 Å². The maximum Gasteiger partial charge on any atom is 0.241 e. The van der Waals surface area contributed by atoms with Crippen molar-refractivity contribution in [3.8, 4) is 0 Å². The van der Waals surface area contributed by atoms with Crippen molar-refractivity contribution in [2.24, 2.45) is 0 Å². The van der Waals surface area contributed by atoms with Gasteiger partial charge in [-0.05, 0) is 49.2 Å². The Morgan fingerprint density at radius 1 is 1.03 bits per heavy atom. The largest absolute Gasteiger partial charge is 0.377 e. The Labute approximate surface area is 177 Å². The average Bonchev–Trinajstić information content (AvgIpc) is 2.70. The second kappa shape index (κ2) is 10.9. The van der Waals surface area contributed by atoms with Gasteiger partial charge in [0.1, 0.15) is 0 Å². The summed E-state index contributed by atoms with van der Waals surface area (Å²) in [5.41, 5.74) is 2.35. The normalized spacial score (nSPS) is 12.2. The standard InChI is InChI=1S/C21H27N3O5S/c1-4-29-14-18-8-6-5-7-17(18)13-22-21(26)15(2)24-30(27,28)20-11-9-19(10-12-20)23-16(3)25/h5-12,15,24H,4,13-14H2,1-3H3,(H,22,26)(H,23,25)/t15-/m0/s1. The van der Waals surface area contributed by atoms with Gasteiger partial charge in [-0.3, -0.25) is 9.59 Å². The first-order chi connectivity index (χ1) is 14.2. The van der Waals surface area contributed by atoms with Crippen LogP contribution in [-0.4, -0.2) is 32.9 Å². The highest BCUT2D eigenvalue weighted by Gasteiger charge is 2.22. The molecule has 0 aliphatic rings. The number of benzene rings is 2. The van der Waals surface area contributed by atoms with Crippen LogP contribution in [0.2, 0.25) is 0 Å². The third-order valence-electron chi connectivity index (χ3n) is 4.24. The molecular weight excluding hydrogens is 406 g/mol. The van der Waals surface area contributed by atoms with Crippen LogP contribution < -0.4 is 15.4 Å². The van der Waals surface area contributed by atoms with E-state index in [2.05, 4.69) is 15.4 Å². The number of carbonyl (C=O) groups is 2. The highest BCUT2D eigenvalue weighted by molar-refractivity contribution is 7.89.